The van der Waals surface area contributed by atoms with Crippen LogP contribution in [0.15, 0.2) is 4.99 Å². The number of morpholine rings is 1. The molecule has 4 N–H and O–H groups in total. The lowest BCUT2D eigenvalue weighted by Crippen LogP contribution is -2.49. The lowest BCUT2D eigenvalue weighted by Gasteiger charge is -2.33. The molecule has 1 atom stereocenters. The van der Waals surface area contributed by atoms with Crippen LogP contribution in [0, 0.1) is 5.41 Å². The predicted molar refractivity (Wildman–Crippen MR) is 99.7 cm³/mol. The van der Waals surface area contributed by atoms with E-state index in [1.54, 1.807) is 14.0 Å². The number of aliphatic hydroxyl groups is 1. The number of rotatable bonds is 8. The van der Waals surface area contributed by atoms with Crippen LogP contribution in [0.2, 0.25) is 0 Å². The summed E-state index contributed by atoms with van der Waals surface area (Å²) in [5.74, 6) is 0.567. The van der Waals surface area contributed by atoms with Crippen molar-refractivity contribution < 1.29 is 14.6 Å². The summed E-state index contributed by atoms with van der Waals surface area (Å²) >= 11 is 0. The second-order valence-corrected chi connectivity index (χ2v) is 7.40. The summed E-state index contributed by atoms with van der Waals surface area (Å²) in [5.41, 5.74) is -1.47. The maximum absolute atomic E-state index is 11.9. The van der Waals surface area contributed by atoms with Gasteiger partial charge in [0.2, 0.25) is 5.91 Å². The molecule has 0 bridgehead atoms. The molecule has 0 spiro atoms. The highest BCUT2D eigenvalue weighted by Gasteiger charge is 2.28. The second-order valence-electron chi connectivity index (χ2n) is 7.40. The van der Waals surface area contributed by atoms with E-state index in [-0.39, 0.29) is 12.5 Å². The van der Waals surface area contributed by atoms with Gasteiger partial charge in [-0.05, 0) is 27.7 Å². The molecule has 8 nitrogen and oxygen atoms in total. The molecule has 1 fully saturated rings. The maximum Gasteiger partial charge on any atom is 0.227 e. The van der Waals surface area contributed by atoms with Gasteiger partial charge in [-0.25, -0.2) is 0 Å². The topological polar surface area (TPSA) is 98.2 Å². The average Bonchev–Trinajstić information content (AvgIpc) is 2.57. The Kier molecular flexibility index (Phi) is 8.61. The quantitative estimate of drug-likeness (QED) is 0.342. The summed E-state index contributed by atoms with van der Waals surface area (Å²) in [4.78, 5) is 18.6. The van der Waals surface area contributed by atoms with Crippen molar-refractivity contribution >= 4 is 11.9 Å². The SMILES string of the molecule is CCNC(=NCC(C)(O)CN1CCOCC1)NCC(C)(C)C(=O)NC. The molecule has 1 unspecified atom stereocenters. The molecule has 0 aromatic heterocycles. The number of nitrogens with one attached hydrogen (secondary N) is 3. The first-order valence-corrected chi connectivity index (χ1v) is 8.97. The van der Waals surface area contributed by atoms with Crippen LogP contribution >= 0.6 is 0 Å². The number of carbonyl (C=O) groups excluding carboxylic acids is 1. The average molecular weight is 357 g/mol. The molecule has 0 aliphatic carbocycles. The zero-order chi connectivity index (χ0) is 18.9. The molecule has 146 valence electrons. The number of ether oxygens (including phenoxy) is 1. The third-order valence-electron chi connectivity index (χ3n) is 4.13. The highest BCUT2D eigenvalue weighted by atomic mass is 16.5. The molecular formula is C17H35N5O3. The molecule has 0 saturated carbocycles. The Labute approximate surface area is 151 Å². The van der Waals surface area contributed by atoms with E-state index in [0.29, 0.717) is 38.8 Å². The van der Waals surface area contributed by atoms with Gasteiger partial charge in [0.05, 0.1) is 30.8 Å². The Hall–Kier alpha value is -1.38. The van der Waals surface area contributed by atoms with E-state index in [0.717, 1.165) is 13.1 Å². The molecule has 1 saturated heterocycles. The minimum atomic E-state index is -0.921. The molecule has 1 amide bonds. The number of hydrogen-bond acceptors (Lipinski definition) is 5. The third-order valence-corrected chi connectivity index (χ3v) is 4.13. The molecule has 8 heteroatoms. The minimum absolute atomic E-state index is 0.0323. The zero-order valence-corrected chi connectivity index (χ0v) is 16.3. The van der Waals surface area contributed by atoms with E-state index in [2.05, 4.69) is 25.8 Å². The van der Waals surface area contributed by atoms with Crippen molar-refractivity contribution in [2.24, 2.45) is 10.4 Å². The van der Waals surface area contributed by atoms with Gasteiger partial charge in [0.25, 0.3) is 0 Å². The summed E-state index contributed by atoms with van der Waals surface area (Å²) in [6.45, 7) is 12.6. The van der Waals surface area contributed by atoms with Gasteiger partial charge < -0.3 is 25.8 Å². The first-order chi connectivity index (χ1) is 11.7. The number of hydrogen-bond donors (Lipinski definition) is 4. The molecule has 0 aromatic carbocycles. The highest BCUT2D eigenvalue weighted by molar-refractivity contribution is 5.84. The summed E-state index contributed by atoms with van der Waals surface area (Å²) in [6.07, 6.45) is 0. The van der Waals surface area contributed by atoms with Crippen molar-refractivity contribution in [2.75, 3.05) is 59.5 Å². The molecule has 1 rings (SSSR count). The summed E-state index contributed by atoms with van der Waals surface area (Å²) < 4.78 is 5.33. The van der Waals surface area contributed by atoms with Crippen molar-refractivity contribution in [3.63, 3.8) is 0 Å². The van der Waals surface area contributed by atoms with E-state index in [4.69, 9.17) is 4.74 Å². The maximum atomic E-state index is 11.9. The van der Waals surface area contributed by atoms with Gasteiger partial charge in [0.1, 0.15) is 0 Å². The van der Waals surface area contributed by atoms with Crippen LogP contribution < -0.4 is 16.0 Å². The lowest BCUT2D eigenvalue weighted by molar-refractivity contribution is -0.128. The van der Waals surface area contributed by atoms with Crippen LogP contribution in [0.25, 0.3) is 0 Å². The van der Waals surface area contributed by atoms with Crippen LogP contribution in [0.4, 0.5) is 0 Å². The van der Waals surface area contributed by atoms with Gasteiger partial charge >= 0.3 is 0 Å². The number of guanidine groups is 1. The monoisotopic (exact) mass is 357 g/mol. The van der Waals surface area contributed by atoms with Gasteiger partial charge in [0.15, 0.2) is 5.96 Å². The fourth-order valence-corrected chi connectivity index (χ4v) is 2.61. The molecule has 25 heavy (non-hydrogen) atoms. The van der Waals surface area contributed by atoms with Crippen LogP contribution in [0.3, 0.4) is 0 Å². The van der Waals surface area contributed by atoms with Crippen molar-refractivity contribution in [1.82, 2.24) is 20.9 Å². The van der Waals surface area contributed by atoms with Gasteiger partial charge in [-0.3, -0.25) is 14.7 Å². The van der Waals surface area contributed by atoms with Crippen LogP contribution in [0.5, 0.6) is 0 Å². The van der Waals surface area contributed by atoms with Crippen LogP contribution in [0.1, 0.15) is 27.7 Å². The fraction of sp³-hybridized carbons (Fsp3) is 0.882. The molecular weight excluding hydrogens is 322 g/mol. The second kappa shape index (κ2) is 9.94. The highest BCUT2D eigenvalue weighted by Crippen LogP contribution is 2.13. The number of carbonyl (C=O) groups is 1. The van der Waals surface area contributed by atoms with Gasteiger partial charge in [-0.1, -0.05) is 0 Å². The first kappa shape index (κ1) is 21.7. The molecule has 1 aliphatic heterocycles. The minimum Gasteiger partial charge on any atom is -0.387 e. The van der Waals surface area contributed by atoms with Crippen molar-refractivity contribution in [3.05, 3.63) is 0 Å². The summed E-state index contributed by atoms with van der Waals surface area (Å²) in [5, 5.41) is 19.6. The predicted octanol–water partition coefficient (Wildman–Crippen LogP) is -0.603. The number of amides is 1. The van der Waals surface area contributed by atoms with Gasteiger partial charge in [0, 0.05) is 39.8 Å². The standard InChI is InChI=1S/C17H35N5O3/c1-6-19-15(20-11-16(2,3)14(23)18-5)21-12-17(4,24)13-22-7-9-25-10-8-22/h24H,6-13H2,1-5H3,(H,18,23)(H2,19,20,21). The molecule has 1 heterocycles. The summed E-state index contributed by atoms with van der Waals surface area (Å²) in [7, 11) is 1.63. The van der Waals surface area contributed by atoms with Crippen molar-refractivity contribution in [3.8, 4) is 0 Å². The normalized spacial score (nSPS) is 19.2. The molecule has 0 radical (unpaired) electrons. The van der Waals surface area contributed by atoms with E-state index < -0.39 is 11.0 Å². The Morgan fingerprint density at radius 2 is 1.88 bits per heavy atom. The lowest BCUT2D eigenvalue weighted by atomic mass is 9.92. The largest absolute Gasteiger partial charge is 0.387 e. The molecule has 0 aromatic rings. The Morgan fingerprint density at radius 1 is 1.24 bits per heavy atom. The van der Waals surface area contributed by atoms with Crippen LogP contribution in [-0.4, -0.2) is 87.0 Å². The van der Waals surface area contributed by atoms with Gasteiger partial charge in [-0.2, -0.15) is 0 Å². The number of nitrogens with zero attached hydrogens (tertiary/aromatic N) is 2. The van der Waals surface area contributed by atoms with E-state index in [9.17, 15) is 9.90 Å². The Bertz CT molecular complexity index is 446. The van der Waals surface area contributed by atoms with E-state index in [1.165, 1.54) is 0 Å². The number of β-amino-alcohol motifs (C(OH)–C–C–N with tert-alkyl or cyclic N) is 1. The fourth-order valence-electron chi connectivity index (χ4n) is 2.61. The van der Waals surface area contributed by atoms with Gasteiger partial charge in [-0.15, -0.1) is 0 Å². The van der Waals surface area contributed by atoms with Crippen LogP contribution in [-0.2, 0) is 9.53 Å². The van der Waals surface area contributed by atoms with E-state index >= 15 is 0 Å². The Balaban J connectivity index is 2.59. The van der Waals surface area contributed by atoms with E-state index in [1.807, 2.05) is 20.8 Å². The number of aliphatic imine (C=N–C) groups is 1. The zero-order valence-electron chi connectivity index (χ0n) is 16.3. The summed E-state index contributed by atoms with van der Waals surface area (Å²) in [6, 6.07) is 0. The molecule has 1 aliphatic rings. The van der Waals surface area contributed by atoms with Crippen molar-refractivity contribution in [2.45, 2.75) is 33.3 Å². The Morgan fingerprint density at radius 3 is 2.44 bits per heavy atom. The third kappa shape index (κ3) is 8.02. The first-order valence-electron chi connectivity index (χ1n) is 8.97. The van der Waals surface area contributed by atoms with Crippen molar-refractivity contribution in [1.29, 1.82) is 0 Å². The smallest absolute Gasteiger partial charge is 0.227 e.